The van der Waals surface area contributed by atoms with Gasteiger partial charge in [0, 0.05) is 61.4 Å². The second-order valence-electron chi connectivity index (χ2n) is 23.0. The fourth-order valence-electron chi connectivity index (χ4n) is 6.04. The van der Waals surface area contributed by atoms with Crippen molar-refractivity contribution >= 4 is 11.8 Å². The number of nitrogens with zero attached hydrogens (tertiary/aromatic N) is 2. The average Bonchev–Trinajstić information content (AvgIpc) is 2.99. The topological polar surface area (TPSA) is 149 Å². The van der Waals surface area contributed by atoms with Crippen LogP contribution in [0.3, 0.4) is 0 Å². The van der Waals surface area contributed by atoms with Crippen LogP contribution in [0.1, 0.15) is 158 Å². The van der Waals surface area contributed by atoms with Crippen LogP contribution in [0.5, 0.6) is 0 Å². The molecule has 2 amide bonds. The number of hydrogen-bond donors (Lipinski definition) is 7. The van der Waals surface area contributed by atoms with Crippen LogP contribution < -0.4 is 21.3 Å². The van der Waals surface area contributed by atoms with E-state index in [1.165, 1.54) is 0 Å². The van der Waals surface area contributed by atoms with Gasteiger partial charge in [0.1, 0.15) is 6.10 Å². The lowest BCUT2D eigenvalue weighted by Crippen LogP contribution is -2.60. The van der Waals surface area contributed by atoms with Crippen molar-refractivity contribution in [2.75, 3.05) is 52.4 Å². The minimum Gasteiger partial charge on any atom is -0.390 e. The van der Waals surface area contributed by atoms with E-state index in [-0.39, 0.29) is 50.4 Å². The smallest absolute Gasteiger partial charge is 0.251 e. The summed E-state index contributed by atoms with van der Waals surface area (Å²) in [6.45, 7) is 49.4. The van der Waals surface area contributed by atoms with Crippen molar-refractivity contribution in [3.8, 4) is 0 Å². The predicted octanol–water partition coefficient (Wildman–Crippen LogP) is 5.55. The van der Waals surface area contributed by atoms with E-state index in [9.17, 15) is 24.9 Å². The molecule has 0 saturated heterocycles. The van der Waals surface area contributed by atoms with Crippen molar-refractivity contribution in [3.05, 3.63) is 0 Å². The first-order chi connectivity index (χ1) is 24.4. The molecule has 0 saturated carbocycles. The highest BCUT2D eigenvalue weighted by molar-refractivity contribution is 5.81. The lowest BCUT2D eigenvalue weighted by Gasteiger charge is -2.51. The van der Waals surface area contributed by atoms with Gasteiger partial charge in [0.05, 0.1) is 12.5 Å². The molecule has 3 unspecified atom stereocenters. The summed E-state index contributed by atoms with van der Waals surface area (Å²) in [5.41, 5.74) is -0.453. The molecule has 3 atom stereocenters. The Kier molecular flexibility index (Phi) is 20.1. The number of amides is 2. The molecule has 11 nitrogen and oxygen atoms in total. The van der Waals surface area contributed by atoms with Crippen LogP contribution in [-0.4, -0.2) is 130 Å². The van der Waals surface area contributed by atoms with E-state index in [1.54, 1.807) is 0 Å². The van der Waals surface area contributed by atoms with Gasteiger partial charge in [-0.1, -0.05) is 69.2 Å². The van der Waals surface area contributed by atoms with E-state index in [0.717, 1.165) is 39.0 Å². The largest absolute Gasteiger partial charge is 0.390 e. The molecule has 0 spiro atoms. The summed E-state index contributed by atoms with van der Waals surface area (Å²) in [6, 6.07) is 0. The zero-order chi connectivity index (χ0) is 43.6. The molecule has 7 N–H and O–H groups in total. The molecule has 0 aliphatic rings. The van der Waals surface area contributed by atoms with Gasteiger partial charge in [-0.2, -0.15) is 0 Å². The first-order valence-electron chi connectivity index (χ1n) is 20.9. The van der Waals surface area contributed by atoms with E-state index >= 15 is 0 Å². The molecule has 0 bridgehead atoms. The van der Waals surface area contributed by atoms with Gasteiger partial charge >= 0.3 is 0 Å². The van der Waals surface area contributed by atoms with Gasteiger partial charge < -0.3 is 36.6 Å². The summed E-state index contributed by atoms with van der Waals surface area (Å²) < 4.78 is 0. The molecule has 0 aliphatic heterocycles. The molecule has 0 radical (unpaired) electrons. The normalized spacial score (nSPS) is 16.0. The number of aliphatic hydroxyl groups excluding tert-OH is 3. The van der Waals surface area contributed by atoms with Crippen LogP contribution in [0.4, 0.5) is 0 Å². The zero-order valence-electron chi connectivity index (χ0n) is 39.6. The lowest BCUT2D eigenvalue weighted by atomic mass is 9.72. The fourth-order valence-corrected chi connectivity index (χ4v) is 6.04. The van der Waals surface area contributed by atoms with Crippen molar-refractivity contribution in [2.24, 2.45) is 21.7 Å². The first-order valence-corrected chi connectivity index (χ1v) is 20.9. The third-order valence-corrected chi connectivity index (χ3v) is 12.0. The Morgan fingerprint density at radius 2 is 0.873 bits per heavy atom. The van der Waals surface area contributed by atoms with Gasteiger partial charge in [0.25, 0.3) is 5.91 Å². The van der Waals surface area contributed by atoms with E-state index in [0.29, 0.717) is 19.6 Å². The van der Waals surface area contributed by atoms with Crippen LogP contribution in [0.15, 0.2) is 0 Å². The summed E-state index contributed by atoms with van der Waals surface area (Å²) in [6.07, 6.45) is -3.82. The molecular weight excluding hydrogens is 693 g/mol. The second-order valence-corrected chi connectivity index (χ2v) is 23.0. The van der Waals surface area contributed by atoms with Crippen LogP contribution in [0, 0.1) is 21.7 Å². The third kappa shape index (κ3) is 19.8. The highest BCUT2D eigenvalue weighted by Gasteiger charge is 2.43. The highest BCUT2D eigenvalue weighted by atomic mass is 16.4. The highest BCUT2D eigenvalue weighted by Crippen LogP contribution is 2.38. The first kappa shape index (κ1) is 53.7. The SMILES string of the molecule is CC(C)(C)CCN(CCNC(=O)CC(O)C(O)C(O)C(=O)NCCN(CCC(C)(C)C)C(C)(C)C(C)(C)CNC(C)(C)C)C(C)(C)C(C)(C)CNC(C)(C)C. The number of carbonyl (C=O) groups is 2. The van der Waals surface area contributed by atoms with Crippen molar-refractivity contribution in [3.63, 3.8) is 0 Å². The summed E-state index contributed by atoms with van der Waals surface area (Å²) in [5.74, 6) is -1.24. The maximum atomic E-state index is 13.0. The molecular formula is C44H92N6O5. The molecule has 328 valence electrons. The minimum absolute atomic E-state index is 0.0113. The number of hydrogen-bond acceptors (Lipinski definition) is 9. The van der Waals surface area contributed by atoms with E-state index in [4.69, 9.17) is 0 Å². The van der Waals surface area contributed by atoms with Crippen molar-refractivity contribution in [2.45, 2.75) is 198 Å². The Labute approximate surface area is 339 Å². The van der Waals surface area contributed by atoms with Crippen LogP contribution in [-0.2, 0) is 9.59 Å². The maximum Gasteiger partial charge on any atom is 0.251 e. The zero-order valence-corrected chi connectivity index (χ0v) is 39.6. The number of nitrogens with one attached hydrogen (secondary N) is 4. The minimum atomic E-state index is -1.89. The summed E-state index contributed by atoms with van der Waals surface area (Å²) in [5, 5.41) is 45.2. The van der Waals surface area contributed by atoms with E-state index in [1.807, 2.05) is 0 Å². The number of rotatable bonds is 23. The van der Waals surface area contributed by atoms with Gasteiger partial charge in [-0.3, -0.25) is 19.4 Å². The molecule has 0 aromatic heterocycles. The number of carbonyl (C=O) groups excluding carboxylic acids is 2. The van der Waals surface area contributed by atoms with Crippen LogP contribution in [0.25, 0.3) is 0 Å². The third-order valence-electron chi connectivity index (χ3n) is 12.0. The van der Waals surface area contributed by atoms with Gasteiger partial charge in [-0.15, -0.1) is 0 Å². The van der Waals surface area contributed by atoms with Crippen LogP contribution >= 0.6 is 0 Å². The van der Waals surface area contributed by atoms with Crippen molar-refractivity contribution < 1.29 is 24.9 Å². The molecule has 0 aliphatic carbocycles. The van der Waals surface area contributed by atoms with Crippen LogP contribution in [0.2, 0.25) is 0 Å². The maximum absolute atomic E-state index is 13.0. The molecule has 55 heavy (non-hydrogen) atoms. The quantitative estimate of drug-likeness (QED) is 0.0708. The molecule has 11 heteroatoms. The number of aliphatic hydroxyl groups is 3. The molecule has 0 heterocycles. The Balaban J connectivity index is 5.48. The molecule has 0 rings (SSSR count). The molecule has 0 aromatic carbocycles. The predicted molar refractivity (Wildman–Crippen MR) is 231 cm³/mol. The lowest BCUT2D eigenvalue weighted by molar-refractivity contribution is -0.143. The molecule has 0 fully saturated rings. The van der Waals surface area contributed by atoms with Gasteiger partial charge in [0.2, 0.25) is 5.91 Å². The average molecular weight is 785 g/mol. The Bertz CT molecular complexity index is 1160. The summed E-state index contributed by atoms with van der Waals surface area (Å²) >= 11 is 0. The second kappa shape index (κ2) is 20.6. The summed E-state index contributed by atoms with van der Waals surface area (Å²) in [4.78, 5) is 30.8. The van der Waals surface area contributed by atoms with Crippen molar-refractivity contribution in [1.82, 2.24) is 31.1 Å². The van der Waals surface area contributed by atoms with Gasteiger partial charge in [0.15, 0.2) is 6.10 Å². The standard InChI is InChI=1S/C44H92N6O5/c1-37(2,3)21-25-49(43(17,18)41(13,14)30-47-39(7,8)9)27-23-45-33(52)29-32(51)34(53)35(54)36(55)46-24-28-50(26-22-38(4,5)6)44(19,20)42(15,16)31-48-40(10,11)12/h32,34-35,47-48,51,53-54H,21-31H2,1-20H3,(H,45,52)(H,46,55). The summed E-state index contributed by atoms with van der Waals surface area (Å²) in [7, 11) is 0. The van der Waals surface area contributed by atoms with E-state index in [2.05, 4.69) is 170 Å². The monoisotopic (exact) mass is 785 g/mol. The van der Waals surface area contributed by atoms with E-state index < -0.39 is 36.5 Å². The van der Waals surface area contributed by atoms with Gasteiger partial charge in [-0.25, -0.2) is 0 Å². The Morgan fingerprint density at radius 3 is 1.20 bits per heavy atom. The van der Waals surface area contributed by atoms with Gasteiger partial charge in [-0.05, 0) is 117 Å². The Morgan fingerprint density at radius 1 is 0.527 bits per heavy atom. The molecule has 0 aromatic rings. The van der Waals surface area contributed by atoms with Crippen molar-refractivity contribution in [1.29, 1.82) is 0 Å². The Hall–Kier alpha value is -1.34. The fraction of sp³-hybridized carbons (Fsp3) is 0.955.